The Labute approximate surface area is 563 Å². The van der Waals surface area contributed by atoms with Crippen LogP contribution in [0.4, 0.5) is 17.5 Å². The number of nitrogens with one attached hydrogen (secondary N) is 2. The van der Waals surface area contributed by atoms with E-state index >= 15 is 0 Å². The first kappa shape index (κ1) is 67.4. The molecule has 12 heterocycles. The average molecular weight is 1320 g/mol. The van der Waals surface area contributed by atoms with Crippen molar-refractivity contribution in [2.45, 2.75) is 144 Å². The SMILES string of the molecule is C.CC(C)c1nnnn1-c1cccc(N)n1.Cc1cnc(C(=O)Nc2cccc(-n3nnnc3C(C)C)n2)cc1-c1cnn(C2CC2)c1.Cc1cnc(C(=O)Nc2cccc(-n3nnnc3C(C)C)n2)cc1-c1cnn(C2CC2)c1.Cc1cnc(C(=O)O)cc1-c1cnn(C2CC2)c1. The molecule has 15 rings (SSSR count). The molecule has 31 heteroatoms. The Kier molecular flexibility index (Phi) is 20.1. The van der Waals surface area contributed by atoms with Gasteiger partial charge in [0.05, 0.1) is 36.7 Å². The number of amides is 2. The zero-order chi connectivity index (χ0) is 68.0. The third-order valence-electron chi connectivity index (χ3n) is 15.9. The molecule has 0 bridgehead atoms. The van der Waals surface area contributed by atoms with Crippen LogP contribution in [0, 0.1) is 20.8 Å². The highest BCUT2D eigenvalue weighted by Crippen LogP contribution is 2.38. The van der Waals surface area contributed by atoms with Gasteiger partial charge in [0.2, 0.25) is 0 Å². The number of aryl methyl sites for hydroxylation is 3. The van der Waals surface area contributed by atoms with Crippen LogP contribution < -0.4 is 16.4 Å². The molecule has 502 valence electrons. The van der Waals surface area contributed by atoms with Gasteiger partial charge in [-0.15, -0.1) is 15.3 Å². The highest BCUT2D eigenvalue weighted by molar-refractivity contribution is 6.04. The molecule has 3 fully saturated rings. The summed E-state index contributed by atoms with van der Waals surface area (Å²) < 4.78 is 10.7. The maximum absolute atomic E-state index is 12.9. The van der Waals surface area contributed by atoms with Crippen LogP contribution in [0.3, 0.4) is 0 Å². The lowest BCUT2D eigenvalue weighted by Crippen LogP contribution is -2.16. The van der Waals surface area contributed by atoms with Crippen LogP contribution in [0.1, 0.15) is 189 Å². The van der Waals surface area contributed by atoms with Crippen molar-refractivity contribution >= 4 is 35.2 Å². The monoisotopic (exact) mass is 1320 g/mol. The van der Waals surface area contributed by atoms with Gasteiger partial charge in [-0.25, -0.2) is 24.7 Å². The maximum Gasteiger partial charge on any atom is 0.354 e. The van der Waals surface area contributed by atoms with Gasteiger partial charge >= 0.3 is 5.97 Å². The summed E-state index contributed by atoms with van der Waals surface area (Å²) in [5.74, 6) is 3.90. The second-order valence-electron chi connectivity index (χ2n) is 24.7. The van der Waals surface area contributed by atoms with Crippen LogP contribution in [0.2, 0.25) is 0 Å². The predicted molar refractivity (Wildman–Crippen MR) is 363 cm³/mol. The van der Waals surface area contributed by atoms with Crippen LogP contribution in [-0.4, -0.2) is 143 Å². The number of nitrogens with zero attached hydrogens (tertiary/aromatic N) is 24. The summed E-state index contributed by atoms with van der Waals surface area (Å²) in [5, 5.41) is 62.9. The Morgan fingerprint density at radius 2 is 0.796 bits per heavy atom. The number of hydrogen-bond donors (Lipinski definition) is 4. The molecule has 0 saturated heterocycles. The summed E-state index contributed by atoms with van der Waals surface area (Å²) in [6.45, 7) is 17.9. The van der Waals surface area contributed by atoms with Gasteiger partial charge in [0.15, 0.2) is 34.9 Å². The van der Waals surface area contributed by atoms with Gasteiger partial charge in [-0.2, -0.15) is 29.3 Å². The van der Waals surface area contributed by atoms with Crippen molar-refractivity contribution in [3.63, 3.8) is 0 Å². The first-order valence-corrected chi connectivity index (χ1v) is 31.7. The number of carbonyl (C=O) groups is 3. The van der Waals surface area contributed by atoms with Crippen molar-refractivity contribution in [1.82, 2.24) is 120 Å². The van der Waals surface area contributed by atoms with Crippen molar-refractivity contribution in [2.24, 2.45) is 0 Å². The molecule has 12 aromatic rings. The largest absolute Gasteiger partial charge is 0.477 e. The number of nitrogens with two attached hydrogens (primary N) is 1. The highest BCUT2D eigenvalue weighted by atomic mass is 16.4. The molecule has 0 aromatic carbocycles. The minimum absolute atomic E-state index is 0. The smallest absolute Gasteiger partial charge is 0.354 e. The van der Waals surface area contributed by atoms with Gasteiger partial charge in [-0.05, 0) is 179 Å². The van der Waals surface area contributed by atoms with Gasteiger partial charge in [0, 0.05) is 71.6 Å². The van der Waals surface area contributed by atoms with Crippen molar-refractivity contribution in [1.29, 1.82) is 0 Å². The molecule has 3 saturated carbocycles. The molecule has 2 amide bonds. The van der Waals surface area contributed by atoms with E-state index in [0.29, 0.717) is 76.1 Å². The van der Waals surface area contributed by atoms with Crippen LogP contribution >= 0.6 is 0 Å². The zero-order valence-corrected chi connectivity index (χ0v) is 54.8. The van der Waals surface area contributed by atoms with E-state index in [4.69, 9.17) is 10.8 Å². The van der Waals surface area contributed by atoms with E-state index in [1.54, 1.807) is 99.5 Å². The lowest BCUT2D eigenvalue weighted by molar-refractivity contribution is 0.0690. The van der Waals surface area contributed by atoms with E-state index in [2.05, 4.69) is 102 Å². The van der Waals surface area contributed by atoms with E-state index in [-0.39, 0.29) is 42.7 Å². The lowest BCUT2D eigenvalue weighted by atomic mass is 10.0. The number of rotatable bonds is 17. The van der Waals surface area contributed by atoms with Crippen LogP contribution in [0.15, 0.2) is 129 Å². The highest BCUT2D eigenvalue weighted by Gasteiger charge is 2.28. The van der Waals surface area contributed by atoms with Gasteiger partial charge in [0.1, 0.15) is 34.5 Å². The van der Waals surface area contributed by atoms with Crippen molar-refractivity contribution in [3.8, 4) is 50.8 Å². The molecule has 0 spiro atoms. The number of pyridine rings is 6. The van der Waals surface area contributed by atoms with Gasteiger partial charge in [-0.1, -0.05) is 67.2 Å². The lowest BCUT2D eigenvalue weighted by Gasteiger charge is -2.10. The molecular weight excluding hydrogens is 1250 g/mol. The third kappa shape index (κ3) is 15.8. The predicted octanol–water partition coefficient (Wildman–Crippen LogP) is 10.4. The number of aromatic nitrogens is 24. The van der Waals surface area contributed by atoms with E-state index in [1.165, 1.54) is 38.5 Å². The fraction of sp³-hybridized carbons (Fsp3) is 0.328. The summed E-state index contributed by atoms with van der Waals surface area (Å²) >= 11 is 0. The van der Waals surface area contributed by atoms with Crippen LogP contribution in [0.5, 0.6) is 0 Å². The van der Waals surface area contributed by atoms with Gasteiger partial charge in [-0.3, -0.25) is 33.6 Å². The van der Waals surface area contributed by atoms with E-state index in [0.717, 1.165) is 55.9 Å². The standard InChI is InChI=1S/2C22H23N9O.C13H13N3O2.C9H12N6.CH4/c2*1-13(2)21-27-28-29-31(21)20-6-4-5-19(25-20)26-22(32)18-9-17(14(3)10-23-18)15-11-24-30(12-15)16-7-8-16;1-8-5-14-12(13(17)18)4-11(8)9-6-15-16(7-9)10-2-3-10;1-6(2)9-12-13-14-15(9)8-5-3-4-7(10)11-8;/h2*4-6,9-13,16H,7-8H2,1-3H3,(H,25,26,32);4-7,10H,2-3H2,1H3,(H,17,18);3-6H,1-2H3,(H2,10,11);1H4. The number of tetrazole rings is 3. The third-order valence-corrected chi connectivity index (χ3v) is 15.9. The molecule has 31 nitrogen and oxygen atoms in total. The molecule has 0 aliphatic heterocycles. The molecule has 0 atom stereocenters. The number of carboxylic acid groups (broad SMARTS) is 1. The topological polar surface area (TPSA) is 383 Å². The number of anilines is 3. The van der Waals surface area contributed by atoms with Crippen molar-refractivity contribution in [2.75, 3.05) is 16.4 Å². The van der Waals surface area contributed by atoms with Gasteiger partial charge < -0.3 is 21.5 Å². The second-order valence-corrected chi connectivity index (χ2v) is 24.7. The Balaban J connectivity index is 0.000000138. The average Bonchev–Trinajstić information content (AvgIpc) is 1.62. The fourth-order valence-electron chi connectivity index (χ4n) is 10.2. The Morgan fingerprint density at radius 1 is 0.469 bits per heavy atom. The van der Waals surface area contributed by atoms with E-state index < -0.39 is 5.97 Å². The minimum Gasteiger partial charge on any atom is -0.477 e. The summed E-state index contributed by atoms with van der Waals surface area (Å²) in [7, 11) is 0. The summed E-state index contributed by atoms with van der Waals surface area (Å²) in [6, 6.07) is 22.7. The molecule has 12 aromatic heterocycles. The van der Waals surface area contributed by atoms with E-state index in [9.17, 15) is 14.4 Å². The van der Waals surface area contributed by atoms with Gasteiger partial charge in [0.25, 0.3) is 11.8 Å². The van der Waals surface area contributed by atoms with Crippen LogP contribution in [-0.2, 0) is 0 Å². The quantitative estimate of drug-likeness (QED) is 0.0658. The Hall–Kier alpha value is -12.1. The number of carboxylic acids is 1. The first-order chi connectivity index (χ1) is 46.8. The molecule has 0 radical (unpaired) electrons. The number of nitrogen functional groups attached to an aromatic ring is 1. The zero-order valence-electron chi connectivity index (χ0n) is 54.8. The van der Waals surface area contributed by atoms with E-state index in [1.807, 2.05) is 119 Å². The number of aromatic carboxylic acids is 1. The summed E-state index contributed by atoms with van der Waals surface area (Å²) in [4.78, 5) is 62.5. The molecular formula is C67H75N27O4. The molecule has 3 aliphatic carbocycles. The van der Waals surface area contributed by atoms with Crippen LogP contribution in [0.25, 0.3) is 50.8 Å². The van der Waals surface area contributed by atoms with Crippen molar-refractivity contribution in [3.05, 3.63) is 180 Å². The molecule has 3 aliphatic rings. The number of carbonyl (C=O) groups excluding carboxylic acids is 2. The Bertz CT molecular complexity index is 4590. The first-order valence-electron chi connectivity index (χ1n) is 31.7. The summed E-state index contributed by atoms with van der Waals surface area (Å²) in [6.07, 6.45) is 23.5. The Morgan fingerprint density at radius 3 is 1.12 bits per heavy atom. The minimum atomic E-state index is -1.01. The second kappa shape index (κ2) is 29.3. The van der Waals surface area contributed by atoms with Crippen molar-refractivity contribution < 1.29 is 19.5 Å². The maximum atomic E-state index is 12.9. The molecule has 98 heavy (non-hydrogen) atoms. The molecule has 0 unspecified atom stereocenters. The number of hydrogen-bond acceptors (Lipinski definition) is 22. The summed E-state index contributed by atoms with van der Waals surface area (Å²) in [5.41, 5.74) is 14.9. The normalized spacial score (nSPS) is 13.2. The molecule has 5 N–H and O–H groups in total. The fourth-order valence-corrected chi connectivity index (χ4v) is 10.2.